The lowest BCUT2D eigenvalue weighted by molar-refractivity contribution is -0.123. The van der Waals surface area contributed by atoms with Crippen molar-refractivity contribution in [2.75, 3.05) is 6.61 Å². The number of nitrogens with one attached hydrogen (secondary N) is 1. The summed E-state index contributed by atoms with van der Waals surface area (Å²) in [7, 11) is 0. The van der Waals surface area contributed by atoms with Crippen LogP contribution in [0.2, 0.25) is 5.02 Å². The number of ether oxygens (including phenoxy) is 1. The van der Waals surface area contributed by atoms with Crippen LogP contribution in [0.4, 0.5) is 0 Å². The Hall–Kier alpha value is -2.33. The zero-order valence-electron chi connectivity index (χ0n) is 14.0. The average molecular weight is 345 g/mol. The van der Waals surface area contributed by atoms with Gasteiger partial charge in [0.2, 0.25) is 0 Å². The van der Waals surface area contributed by atoms with E-state index in [1.165, 1.54) is 0 Å². The number of carbonyl (C=O) groups is 1. The smallest absolute Gasteiger partial charge is 0.277 e. The lowest BCUT2D eigenvalue weighted by atomic mass is 9.86. The van der Waals surface area contributed by atoms with E-state index in [1.807, 2.05) is 36.4 Å². The van der Waals surface area contributed by atoms with Crippen molar-refractivity contribution in [3.63, 3.8) is 0 Å². The van der Waals surface area contributed by atoms with E-state index in [2.05, 4.69) is 31.3 Å². The van der Waals surface area contributed by atoms with Crippen molar-refractivity contribution in [3.05, 3.63) is 64.7 Å². The Morgan fingerprint density at radius 3 is 2.50 bits per heavy atom. The molecule has 0 saturated heterocycles. The Morgan fingerprint density at radius 1 is 1.17 bits per heavy atom. The maximum absolute atomic E-state index is 11.9. The van der Waals surface area contributed by atoms with Crippen molar-refractivity contribution in [2.45, 2.75) is 26.2 Å². The fraction of sp³-hybridized carbons (Fsp3) is 0.263. The summed E-state index contributed by atoms with van der Waals surface area (Å²) < 4.78 is 5.64. The van der Waals surface area contributed by atoms with Crippen molar-refractivity contribution < 1.29 is 9.53 Å². The highest BCUT2D eigenvalue weighted by atomic mass is 35.5. The minimum atomic E-state index is -0.316. The van der Waals surface area contributed by atoms with E-state index in [0.717, 1.165) is 11.1 Å². The number of hydrogen-bond donors (Lipinski definition) is 1. The molecular weight excluding hydrogens is 324 g/mol. The predicted octanol–water partition coefficient (Wildman–Crippen LogP) is 4.17. The van der Waals surface area contributed by atoms with Gasteiger partial charge in [-0.25, -0.2) is 5.43 Å². The third kappa shape index (κ3) is 5.39. The quantitative estimate of drug-likeness (QED) is 0.653. The van der Waals surface area contributed by atoms with Crippen LogP contribution in [0.5, 0.6) is 5.75 Å². The number of amides is 1. The van der Waals surface area contributed by atoms with Crippen molar-refractivity contribution >= 4 is 23.7 Å². The second-order valence-corrected chi connectivity index (χ2v) is 6.82. The number of benzene rings is 2. The molecule has 0 unspecified atom stereocenters. The van der Waals surface area contributed by atoms with E-state index in [-0.39, 0.29) is 17.9 Å². The van der Waals surface area contributed by atoms with E-state index >= 15 is 0 Å². The first-order valence-corrected chi connectivity index (χ1v) is 8.04. The molecule has 1 N–H and O–H groups in total. The van der Waals surface area contributed by atoms with Crippen LogP contribution >= 0.6 is 11.6 Å². The molecule has 24 heavy (non-hydrogen) atoms. The Bertz CT molecular complexity index is 719. The summed E-state index contributed by atoms with van der Waals surface area (Å²) in [5, 5.41) is 4.56. The van der Waals surface area contributed by atoms with Crippen molar-refractivity contribution in [1.29, 1.82) is 0 Å². The lowest BCUT2D eigenvalue weighted by Gasteiger charge is -2.22. The summed E-state index contributed by atoms with van der Waals surface area (Å²) in [4.78, 5) is 11.9. The van der Waals surface area contributed by atoms with Gasteiger partial charge in [0.1, 0.15) is 5.75 Å². The maximum Gasteiger partial charge on any atom is 0.277 e. The number of hydrogen-bond acceptors (Lipinski definition) is 3. The van der Waals surface area contributed by atoms with Crippen LogP contribution in [0.25, 0.3) is 0 Å². The molecule has 2 aromatic rings. The molecule has 0 bridgehead atoms. The van der Waals surface area contributed by atoms with Crippen LogP contribution < -0.4 is 10.2 Å². The van der Waals surface area contributed by atoms with Gasteiger partial charge in [0, 0.05) is 5.02 Å². The third-order valence-electron chi connectivity index (χ3n) is 3.33. The van der Waals surface area contributed by atoms with Crippen LogP contribution in [0.3, 0.4) is 0 Å². The Labute approximate surface area is 147 Å². The first-order chi connectivity index (χ1) is 11.4. The second-order valence-electron chi connectivity index (χ2n) is 6.38. The fourth-order valence-corrected chi connectivity index (χ4v) is 2.24. The van der Waals surface area contributed by atoms with E-state index in [1.54, 1.807) is 18.3 Å². The predicted molar refractivity (Wildman–Crippen MR) is 97.8 cm³/mol. The summed E-state index contributed by atoms with van der Waals surface area (Å²) in [6, 6.07) is 14.9. The van der Waals surface area contributed by atoms with Gasteiger partial charge >= 0.3 is 0 Å². The van der Waals surface area contributed by atoms with Crippen molar-refractivity contribution in [3.8, 4) is 5.75 Å². The molecule has 0 saturated carbocycles. The van der Waals surface area contributed by atoms with E-state index in [9.17, 15) is 4.79 Å². The summed E-state index contributed by atoms with van der Waals surface area (Å²) in [5.41, 5.74) is 4.29. The summed E-state index contributed by atoms with van der Waals surface area (Å²) in [6.07, 6.45) is 1.55. The highest BCUT2D eigenvalue weighted by molar-refractivity contribution is 6.30. The molecule has 5 heteroatoms. The zero-order valence-corrected chi connectivity index (χ0v) is 14.8. The molecule has 2 aromatic carbocycles. The number of carbonyl (C=O) groups excluding carboxylic acids is 1. The summed E-state index contributed by atoms with van der Waals surface area (Å²) >= 11 is 5.81. The summed E-state index contributed by atoms with van der Waals surface area (Å²) in [5.74, 6) is 0.394. The average Bonchev–Trinajstić information content (AvgIpc) is 2.54. The molecule has 0 aromatic heterocycles. The minimum Gasteiger partial charge on any atom is -0.483 e. The van der Waals surface area contributed by atoms with E-state index in [0.29, 0.717) is 10.8 Å². The highest BCUT2D eigenvalue weighted by Gasteiger charge is 2.18. The maximum atomic E-state index is 11.9. The number of para-hydroxylation sites is 1. The van der Waals surface area contributed by atoms with E-state index < -0.39 is 0 Å². The standard InChI is InChI=1S/C19H21ClN2O2/c1-19(2,3)16-6-4-5-7-17(16)24-13-18(23)22-21-12-14-8-10-15(20)11-9-14/h4-12H,13H2,1-3H3,(H,22,23). The molecule has 126 valence electrons. The van der Waals surface area contributed by atoms with Gasteiger partial charge in [-0.1, -0.05) is 62.7 Å². The topological polar surface area (TPSA) is 50.7 Å². The number of rotatable bonds is 5. The largest absolute Gasteiger partial charge is 0.483 e. The van der Waals surface area contributed by atoms with Gasteiger partial charge in [-0.15, -0.1) is 0 Å². The van der Waals surface area contributed by atoms with Gasteiger partial charge in [-0.05, 0) is 34.7 Å². The first-order valence-electron chi connectivity index (χ1n) is 7.66. The first kappa shape index (κ1) is 18.0. The van der Waals surface area contributed by atoms with Gasteiger partial charge in [0.25, 0.3) is 5.91 Å². The van der Waals surface area contributed by atoms with Gasteiger partial charge < -0.3 is 4.74 Å². The van der Waals surface area contributed by atoms with Crippen LogP contribution in [-0.4, -0.2) is 18.7 Å². The van der Waals surface area contributed by atoms with Crippen LogP contribution in [0.1, 0.15) is 31.9 Å². The van der Waals surface area contributed by atoms with Gasteiger partial charge in [-0.2, -0.15) is 5.10 Å². The Balaban J connectivity index is 1.89. The summed E-state index contributed by atoms with van der Waals surface area (Å²) in [6.45, 7) is 6.22. The van der Waals surface area contributed by atoms with E-state index in [4.69, 9.17) is 16.3 Å². The minimum absolute atomic E-state index is 0.0557. The molecule has 0 heterocycles. The number of halogens is 1. The molecule has 4 nitrogen and oxygen atoms in total. The molecule has 0 aliphatic heterocycles. The van der Waals surface area contributed by atoms with Crippen LogP contribution in [0.15, 0.2) is 53.6 Å². The van der Waals surface area contributed by atoms with Gasteiger partial charge in [0.05, 0.1) is 6.21 Å². The Kier molecular flexibility index (Phi) is 5.99. The van der Waals surface area contributed by atoms with Crippen LogP contribution in [0, 0.1) is 0 Å². The number of nitrogens with zero attached hydrogens (tertiary/aromatic N) is 1. The Morgan fingerprint density at radius 2 is 1.83 bits per heavy atom. The van der Waals surface area contributed by atoms with Crippen molar-refractivity contribution in [1.82, 2.24) is 5.43 Å². The molecule has 0 atom stereocenters. The molecule has 0 spiro atoms. The van der Waals surface area contributed by atoms with Gasteiger partial charge in [0.15, 0.2) is 6.61 Å². The highest BCUT2D eigenvalue weighted by Crippen LogP contribution is 2.30. The zero-order chi connectivity index (χ0) is 17.6. The molecule has 0 radical (unpaired) electrons. The number of hydrazone groups is 1. The molecule has 2 rings (SSSR count). The normalized spacial score (nSPS) is 11.5. The fourth-order valence-electron chi connectivity index (χ4n) is 2.12. The molecule has 1 amide bonds. The molecular formula is C19H21ClN2O2. The third-order valence-corrected chi connectivity index (χ3v) is 3.58. The molecule has 0 fully saturated rings. The lowest BCUT2D eigenvalue weighted by Crippen LogP contribution is -2.25. The molecule has 0 aliphatic rings. The SMILES string of the molecule is CC(C)(C)c1ccccc1OCC(=O)NN=Cc1ccc(Cl)cc1. The monoisotopic (exact) mass is 344 g/mol. The second kappa shape index (κ2) is 7.97. The van der Waals surface area contributed by atoms with Crippen molar-refractivity contribution in [2.24, 2.45) is 5.10 Å². The molecule has 0 aliphatic carbocycles. The van der Waals surface area contributed by atoms with Gasteiger partial charge in [-0.3, -0.25) is 4.79 Å². The van der Waals surface area contributed by atoms with Crippen LogP contribution in [-0.2, 0) is 10.2 Å².